The predicted octanol–water partition coefficient (Wildman–Crippen LogP) is 1.56. The Morgan fingerprint density at radius 3 is 2.36 bits per heavy atom. The minimum atomic E-state index is 0.0511. The van der Waals surface area contributed by atoms with Crippen LogP contribution < -0.4 is 10.4 Å². The Bertz CT molecular complexity index is 336. The monoisotopic (exact) mass is 190 g/mol. The SMILES string of the molecule is CC1C(=O)NN(c2ccccc2)C1C. The highest BCUT2D eigenvalue weighted by atomic mass is 16.2. The van der Waals surface area contributed by atoms with Crippen molar-refractivity contribution in [3.63, 3.8) is 0 Å². The van der Waals surface area contributed by atoms with Crippen LogP contribution in [0.4, 0.5) is 5.69 Å². The molecule has 3 nitrogen and oxygen atoms in total. The molecule has 0 aromatic heterocycles. The number of nitrogens with one attached hydrogen (secondary N) is 1. The van der Waals surface area contributed by atoms with Crippen molar-refractivity contribution in [2.24, 2.45) is 5.92 Å². The summed E-state index contributed by atoms with van der Waals surface area (Å²) in [5.41, 5.74) is 3.90. The summed E-state index contributed by atoms with van der Waals surface area (Å²) < 4.78 is 0. The number of para-hydroxylation sites is 1. The average Bonchev–Trinajstić information content (AvgIpc) is 2.47. The van der Waals surface area contributed by atoms with Gasteiger partial charge in [-0.15, -0.1) is 0 Å². The molecule has 1 N–H and O–H groups in total. The lowest BCUT2D eigenvalue weighted by Crippen LogP contribution is -2.37. The van der Waals surface area contributed by atoms with Crippen molar-refractivity contribution in [3.8, 4) is 0 Å². The Morgan fingerprint density at radius 2 is 1.86 bits per heavy atom. The number of anilines is 1. The van der Waals surface area contributed by atoms with Gasteiger partial charge in [0.05, 0.1) is 17.6 Å². The van der Waals surface area contributed by atoms with Crippen LogP contribution in [0.25, 0.3) is 0 Å². The molecule has 14 heavy (non-hydrogen) atoms. The lowest BCUT2D eigenvalue weighted by Gasteiger charge is -2.23. The molecule has 74 valence electrons. The van der Waals surface area contributed by atoms with Crippen molar-refractivity contribution in [1.29, 1.82) is 0 Å². The lowest BCUT2D eigenvalue weighted by molar-refractivity contribution is -0.122. The number of carbonyl (C=O) groups excluding carboxylic acids is 1. The average molecular weight is 190 g/mol. The second-order valence-electron chi connectivity index (χ2n) is 3.71. The smallest absolute Gasteiger partial charge is 0.243 e. The molecule has 2 atom stereocenters. The van der Waals surface area contributed by atoms with Crippen LogP contribution in [-0.4, -0.2) is 11.9 Å². The fourth-order valence-electron chi connectivity index (χ4n) is 1.65. The second-order valence-corrected chi connectivity index (χ2v) is 3.71. The van der Waals surface area contributed by atoms with Gasteiger partial charge in [-0.1, -0.05) is 25.1 Å². The quantitative estimate of drug-likeness (QED) is 0.729. The van der Waals surface area contributed by atoms with E-state index in [0.717, 1.165) is 5.69 Å². The van der Waals surface area contributed by atoms with Crippen LogP contribution in [-0.2, 0) is 4.79 Å². The first-order chi connectivity index (χ1) is 6.70. The van der Waals surface area contributed by atoms with E-state index < -0.39 is 0 Å². The maximum Gasteiger partial charge on any atom is 0.243 e. The molecule has 0 spiro atoms. The largest absolute Gasteiger partial charge is 0.282 e. The van der Waals surface area contributed by atoms with Gasteiger partial charge in [0.15, 0.2) is 0 Å². The molecule has 0 bridgehead atoms. The van der Waals surface area contributed by atoms with Crippen LogP contribution in [0.2, 0.25) is 0 Å². The van der Waals surface area contributed by atoms with Gasteiger partial charge < -0.3 is 0 Å². The van der Waals surface area contributed by atoms with Gasteiger partial charge in [0.25, 0.3) is 0 Å². The highest BCUT2D eigenvalue weighted by molar-refractivity contribution is 5.84. The molecule has 1 aliphatic heterocycles. The van der Waals surface area contributed by atoms with Crippen LogP contribution in [0.5, 0.6) is 0 Å². The molecule has 1 aromatic carbocycles. The number of hydrazine groups is 1. The molecule has 3 heteroatoms. The highest BCUT2D eigenvalue weighted by Crippen LogP contribution is 2.23. The molecule has 1 heterocycles. The molecule has 2 rings (SSSR count). The van der Waals surface area contributed by atoms with Crippen molar-refractivity contribution in [2.45, 2.75) is 19.9 Å². The topological polar surface area (TPSA) is 32.3 Å². The molecule has 1 fully saturated rings. The maximum atomic E-state index is 11.4. The number of rotatable bonds is 1. The van der Waals surface area contributed by atoms with Gasteiger partial charge in [-0.2, -0.15) is 0 Å². The number of nitrogens with zero attached hydrogens (tertiary/aromatic N) is 1. The van der Waals surface area contributed by atoms with Gasteiger partial charge >= 0.3 is 0 Å². The van der Waals surface area contributed by atoms with Crippen molar-refractivity contribution in [1.82, 2.24) is 5.43 Å². The van der Waals surface area contributed by atoms with Gasteiger partial charge in [0, 0.05) is 0 Å². The Morgan fingerprint density at radius 1 is 1.21 bits per heavy atom. The van der Waals surface area contributed by atoms with E-state index in [1.54, 1.807) is 0 Å². The molecule has 1 aliphatic rings. The van der Waals surface area contributed by atoms with Gasteiger partial charge in [-0.05, 0) is 19.1 Å². The van der Waals surface area contributed by atoms with Crippen LogP contribution in [0.3, 0.4) is 0 Å². The summed E-state index contributed by atoms with van der Waals surface area (Å²) >= 11 is 0. The van der Waals surface area contributed by atoms with E-state index in [4.69, 9.17) is 0 Å². The molecular weight excluding hydrogens is 176 g/mol. The number of hydrogen-bond acceptors (Lipinski definition) is 2. The Kier molecular flexibility index (Phi) is 2.15. The van der Waals surface area contributed by atoms with Crippen LogP contribution in [0.15, 0.2) is 30.3 Å². The summed E-state index contributed by atoms with van der Waals surface area (Å²) in [6, 6.07) is 10.1. The van der Waals surface area contributed by atoms with E-state index in [0.29, 0.717) is 0 Å². The molecule has 0 saturated carbocycles. The summed E-state index contributed by atoms with van der Waals surface area (Å²) in [7, 11) is 0. The minimum absolute atomic E-state index is 0.0511. The number of benzene rings is 1. The van der Waals surface area contributed by atoms with E-state index in [1.807, 2.05) is 42.3 Å². The first kappa shape index (κ1) is 9.06. The summed E-state index contributed by atoms with van der Waals surface area (Å²) in [5.74, 6) is 0.150. The molecule has 0 radical (unpaired) electrons. The Labute approximate surface area is 83.7 Å². The summed E-state index contributed by atoms with van der Waals surface area (Å²) in [6.45, 7) is 4.00. The van der Waals surface area contributed by atoms with E-state index in [-0.39, 0.29) is 17.9 Å². The number of amides is 1. The van der Waals surface area contributed by atoms with Crippen molar-refractivity contribution in [3.05, 3.63) is 30.3 Å². The third-order valence-corrected chi connectivity index (χ3v) is 2.81. The van der Waals surface area contributed by atoms with E-state index in [9.17, 15) is 4.79 Å². The van der Waals surface area contributed by atoms with Crippen molar-refractivity contribution in [2.75, 3.05) is 5.01 Å². The van der Waals surface area contributed by atoms with Gasteiger partial charge in [-0.25, -0.2) is 0 Å². The van der Waals surface area contributed by atoms with Gasteiger partial charge in [-0.3, -0.25) is 15.2 Å². The third kappa shape index (κ3) is 1.35. The summed E-state index contributed by atoms with van der Waals surface area (Å²) in [4.78, 5) is 11.4. The van der Waals surface area contributed by atoms with Crippen molar-refractivity contribution >= 4 is 11.6 Å². The van der Waals surface area contributed by atoms with E-state index in [1.165, 1.54) is 0 Å². The maximum absolute atomic E-state index is 11.4. The lowest BCUT2D eigenvalue weighted by atomic mass is 10.1. The standard InChI is InChI=1S/C11H14N2O/c1-8-9(2)13(12-11(8)14)10-6-4-3-5-7-10/h3-9H,1-2H3,(H,12,14). The molecule has 1 saturated heterocycles. The van der Waals surface area contributed by atoms with Crippen LogP contribution in [0, 0.1) is 5.92 Å². The van der Waals surface area contributed by atoms with Crippen molar-refractivity contribution < 1.29 is 4.79 Å². The highest BCUT2D eigenvalue weighted by Gasteiger charge is 2.34. The Hall–Kier alpha value is -1.51. The normalized spacial score (nSPS) is 26.4. The molecular formula is C11H14N2O. The van der Waals surface area contributed by atoms with E-state index >= 15 is 0 Å². The fraction of sp³-hybridized carbons (Fsp3) is 0.364. The number of hydrogen-bond donors (Lipinski definition) is 1. The minimum Gasteiger partial charge on any atom is -0.282 e. The first-order valence-electron chi connectivity index (χ1n) is 4.85. The van der Waals surface area contributed by atoms with Gasteiger partial charge in [0.2, 0.25) is 5.91 Å². The number of carbonyl (C=O) groups is 1. The van der Waals surface area contributed by atoms with Crippen LogP contribution in [0.1, 0.15) is 13.8 Å². The molecule has 0 aliphatic carbocycles. The van der Waals surface area contributed by atoms with Crippen LogP contribution >= 0.6 is 0 Å². The Balaban J connectivity index is 2.26. The fourth-order valence-corrected chi connectivity index (χ4v) is 1.65. The first-order valence-corrected chi connectivity index (χ1v) is 4.85. The second kappa shape index (κ2) is 3.33. The predicted molar refractivity (Wildman–Crippen MR) is 55.7 cm³/mol. The van der Waals surface area contributed by atoms with Gasteiger partial charge in [0.1, 0.15) is 0 Å². The zero-order valence-electron chi connectivity index (χ0n) is 8.40. The molecule has 1 amide bonds. The molecule has 1 aromatic rings. The zero-order chi connectivity index (χ0) is 10.1. The summed E-state index contributed by atoms with van der Waals surface area (Å²) in [6.07, 6.45) is 0. The summed E-state index contributed by atoms with van der Waals surface area (Å²) in [5, 5.41) is 1.92. The third-order valence-electron chi connectivity index (χ3n) is 2.81. The molecule has 2 unspecified atom stereocenters. The van der Waals surface area contributed by atoms with E-state index in [2.05, 4.69) is 12.3 Å². The zero-order valence-corrected chi connectivity index (χ0v) is 8.40.